The van der Waals surface area contributed by atoms with E-state index in [1.54, 1.807) is 0 Å². The first-order valence-corrected chi connectivity index (χ1v) is 13.6. The molecule has 0 bridgehead atoms. The van der Waals surface area contributed by atoms with Gasteiger partial charge in [0.1, 0.15) is 11.2 Å². The normalized spacial score (nSPS) is 11.4. The Hall–Kier alpha value is -5.61. The molecular formula is C37H23N3O. The van der Waals surface area contributed by atoms with Crippen molar-refractivity contribution in [3.63, 3.8) is 0 Å². The van der Waals surface area contributed by atoms with Gasteiger partial charge in [0.05, 0.1) is 0 Å². The predicted molar refractivity (Wildman–Crippen MR) is 166 cm³/mol. The van der Waals surface area contributed by atoms with Crippen molar-refractivity contribution < 1.29 is 4.42 Å². The summed E-state index contributed by atoms with van der Waals surface area (Å²) in [6, 6.07) is 47.4. The van der Waals surface area contributed by atoms with Crippen LogP contribution in [0.1, 0.15) is 0 Å². The Morgan fingerprint density at radius 2 is 0.829 bits per heavy atom. The largest absolute Gasteiger partial charge is 0.456 e. The third-order valence-electron chi connectivity index (χ3n) is 7.56. The fourth-order valence-corrected chi connectivity index (χ4v) is 5.67. The molecule has 0 unspecified atom stereocenters. The van der Waals surface area contributed by atoms with Gasteiger partial charge in [0.2, 0.25) is 0 Å². The summed E-state index contributed by atoms with van der Waals surface area (Å²) >= 11 is 0. The van der Waals surface area contributed by atoms with Crippen LogP contribution in [0.4, 0.5) is 0 Å². The molecule has 0 aliphatic carbocycles. The van der Waals surface area contributed by atoms with Crippen LogP contribution in [-0.2, 0) is 0 Å². The highest BCUT2D eigenvalue weighted by atomic mass is 16.3. The average Bonchev–Trinajstić information content (AvgIpc) is 3.44. The molecule has 0 spiro atoms. The molecule has 0 fully saturated rings. The summed E-state index contributed by atoms with van der Waals surface area (Å²) in [6.45, 7) is 0. The first kappa shape index (κ1) is 23.3. The van der Waals surface area contributed by atoms with Gasteiger partial charge in [-0.1, -0.05) is 127 Å². The van der Waals surface area contributed by atoms with Gasteiger partial charge < -0.3 is 4.42 Å². The maximum atomic E-state index is 6.20. The molecule has 0 saturated carbocycles. The molecule has 4 nitrogen and oxygen atoms in total. The monoisotopic (exact) mass is 525 g/mol. The molecule has 8 aromatic rings. The van der Waals surface area contributed by atoms with Gasteiger partial charge in [-0.15, -0.1) is 0 Å². The van der Waals surface area contributed by atoms with Gasteiger partial charge in [0, 0.05) is 27.5 Å². The van der Waals surface area contributed by atoms with Gasteiger partial charge >= 0.3 is 0 Å². The quantitative estimate of drug-likeness (QED) is 0.230. The number of benzene rings is 6. The number of hydrogen-bond acceptors (Lipinski definition) is 4. The Morgan fingerprint density at radius 1 is 0.341 bits per heavy atom. The Labute approximate surface area is 236 Å². The first-order chi connectivity index (χ1) is 20.3. The van der Waals surface area contributed by atoms with Crippen LogP contribution in [-0.4, -0.2) is 15.0 Å². The van der Waals surface area contributed by atoms with Crippen LogP contribution >= 0.6 is 0 Å². The zero-order valence-corrected chi connectivity index (χ0v) is 22.0. The van der Waals surface area contributed by atoms with Crippen LogP contribution in [0.2, 0.25) is 0 Å². The van der Waals surface area contributed by atoms with E-state index < -0.39 is 0 Å². The molecule has 0 aliphatic rings. The van der Waals surface area contributed by atoms with E-state index in [9.17, 15) is 0 Å². The van der Waals surface area contributed by atoms with Crippen LogP contribution in [0.25, 0.3) is 78.0 Å². The summed E-state index contributed by atoms with van der Waals surface area (Å²) in [5, 5.41) is 4.45. The third-order valence-corrected chi connectivity index (χ3v) is 7.56. The fraction of sp³-hybridized carbons (Fsp3) is 0. The zero-order chi connectivity index (χ0) is 27.2. The van der Waals surface area contributed by atoms with Crippen molar-refractivity contribution in [2.24, 2.45) is 0 Å². The fourth-order valence-electron chi connectivity index (χ4n) is 5.67. The minimum atomic E-state index is 0.646. The van der Waals surface area contributed by atoms with E-state index in [-0.39, 0.29) is 0 Å². The molecule has 0 radical (unpaired) electrons. The van der Waals surface area contributed by atoms with Gasteiger partial charge in [-0.2, -0.15) is 0 Å². The van der Waals surface area contributed by atoms with E-state index in [1.807, 2.05) is 78.9 Å². The topological polar surface area (TPSA) is 51.8 Å². The maximum Gasteiger partial charge on any atom is 0.164 e. The van der Waals surface area contributed by atoms with E-state index in [4.69, 9.17) is 19.4 Å². The summed E-state index contributed by atoms with van der Waals surface area (Å²) < 4.78 is 6.20. The van der Waals surface area contributed by atoms with Crippen LogP contribution in [0, 0.1) is 0 Å². The second-order valence-corrected chi connectivity index (χ2v) is 10.0. The SMILES string of the molecule is c1ccc(-c2nc(-c3ccccc3)nc(-c3cccc4c(-c5cccc6oc7ccccc7c56)cccc34)n2)cc1. The van der Waals surface area contributed by atoms with Crippen molar-refractivity contribution >= 4 is 32.7 Å². The number of para-hydroxylation sites is 1. The van der Waals surface area contributed by atoms with Crippen molar-refractivity contribution in [2.45, 2.75) is 0 Å². The lowest BCUT2D eigenvalue weighted by molar-refractivity contribution is 0.669. The van der Waals surface area contributed by atoms with Gasteiger partial charge in [0.25, 0.3) is 0 Å². The molecule has 0 aliphatic heterocycles. The summed E-state index contributed by atoms with van der Waals surface area (Å²) in [5.74, 6) is 1.95. The summed E-state index contributed by atoms with van der Waals surface area (Å²) in [7, 11) is 0. The lowest BCUT2D eigenvalue weighted by Crippen LogP contribution is -2.00. The third kappa shape index (κ3) is 3.97. The van der Waals surface area contributed by atoms with E-state index in [0.717, 1.165) is 60.5 Å². The lowest BCUT2D eigenvalue weighted by atomic mass is 9.93. The Morgan fingerprint density at radius 3 is 1.54 bits per heavy atom. The smallest absolute Gasteiger partial charge is 0.164 e. The molecule has 0 saturated heterocycles. The average molecular weight is 526 g/mol. The molecule has 8 rings (SSSR count). The molecule has 4 heteroatoms. The highest BCUT2D eigenvalue weighted by Gasteiger charge is 2.17. The molecule has 41 heavy (non-hydrogen) atoms. The van der Waals surface area contributed by atoms with Gasteiger partial charge in [0.15, 0.2) is 17.5 Å². The molecule has 2 heterocycles. The number of fused-ring (bicyclic) bond motifs is 4. The highest BCUT2D eigenvalue weighted by Crippen LogP contribution is 2.40. The minimum Gasteiger partial charge on any atom is -0.456 e. The van der Waals surface area contributed by atoms with Crippen molar-refractivity contribution in [3.8, 4) is 45.3 Å². The lowest BCUT2D eigenvalue weighted by Gasteiger charge is -2.13. The van der Waals surface area contributed by atoms with Crippen molar-refractivity contribution in [1.82, 2.24) is 15.0 Å². The van der Waals surface area contributed by atoms with Crippen molar-refractivity contribution in [2.75, 3.05) is 0 Å². The second kappa shape index (κ2) is 9.54. The summed E-state index contributed by atoms with van der Waals surface area (Å²) in [6.07, 6.45) is 0. The van der Waals surface area contributed by atoms with E-state index in [2.05, 4.69) is 60.7 Å². The van der Waals surface area contributed by atoms with E-state index in [1.165, 1.54) is 0 Å². The molecule has 0 atom stereocenters. The molecule has 192 valence electrons. The van der Waals surface area contributed by atoms with Crippen LogP contribution in [0.5, 0.6) is 0 Å². The zero-order valence-electron chi connectivity index (χ0n) is 22.0. The van der Waals surface area contributed by atoms with Gasteiger partial charge in [-0.25, -0.2) is 15.0 Å². The Balaban J connectivity index is 1.37. The highest BCUT2D eigenvalue weighted by molar-refractivity contribution is 6.16. The second-order valence-electron chi connectivity index (χ2n) is 10.0. The van der Waals surface area contributed by atoms with Gasteiger partial charge in [-0.05, 0) is 34.0 Å². The number of hydrogen-bond donors (Lipinski definition) is 0. The van der Waals surface area contributed by atoms with Crippen LogP contribution in [0.15, 0.2) is 144 Å². The maximum absolute atomic E-state index is 6.20. The van der Waals surface area contributed by atoms with Crippen LogP contribution in [0.3, 0.4) is 0 Å². The minimum absolute atomic E-state index is 0.646. The summed E-state index contributed by atoms with van der Waals surface area (Å²) in [5.41, 5.74) is 6.92. The molecular weight excluding hydrogens is 502 g/mol. The first-order valence-electron chi connectivity index (χ1n) is 13.6. The molecule has 0 amide bonds. The van der Waals surface area contributed by atoms with E-state index >= 15 is 0 Å². The molecule has 2 aromatic heterocycles. The number of aromatic nitrogens is 3. The standard InChI is InChI=1S/C37H23N3O/c1-3-12-24(13-4-1)35-38-36(25-14-5-2-6-15-25)40-37(39-35)30-21-10-17-26-27(18-9-19-28(26)30)29-20-11-23-33-34(29)31-16-7-8-22-32(31)41-33/h1-23H. The van der Waals surface area contributed by atoms with Crippen molar-refractivity contribution in [3.05, 3.63) is 140 Å². The van der Waals surface area contributed by atoms with Crippen LogP contribution < -0.4 is 0 Å². The van der Waals surface area contributed by atoms with Crippen molar-refractivity contribution in [1.29, 1.82) is 0 Å². The Bertz CT molecular complexity index is 2140. The molecule has 0 N–H and O–H groups in total. The van der Waals surface area contributed by atoms with E-state index in [0.29, 0.717) is 17.5 Å². The van der Waals surface area contributed by atoms with Gasteiger partial charge in [-0.3, -0.25) is 0 Å². The predicted octanol–water partition coefficient (Wildman–Crippen LogP) is 9.59. The Kier molecular flexibility index (Phi) is 5.42. The summed E-state index contributed by atoms with van der Waals surface area (Å²) in [4.78, 5) is 14.9. The number of nitrogens with zero attached hydrogens (tertiary/aromatic N) is 3. The number of rotatable bonds is 4. The number of furan rings is 1. The molecule has 6 aromatic carbocycles.